The Morgan fingerprint density at radius 2 is 1.92 bits per heavy atom. The molecule has 2 aromatic carbocycles. The summed E-state index contributed by atoms with van der Waals surface area (Å²) in [5.74, 6) is 0.654. The normalized spacial score (nSPS) is 13.5. The SMILES string of the molecule is C[C@](O)(Cn1cncn1)c1ccc(Oc2ccc(F)cc2)cc1Cl. The predicted octanol–water partition coefficient (Wildman–Crippen LogP) is 3.77. The van der Waals surface area contributed by atoms with Gasteiger partial charge in [-0.05, 0) is 43.3 Å². The summed E-state index contributed by atoms with van der Waals surface area (Å²) in [5.41, 5.74) is -0.676. The second-order valence-electron chi connectivity index (χ2n) is 5.56. The van der Waals surface area contributed by atoms with E-state index in [1.165, 1.54) is 41.6 Å². The van der Waals surface area contributed by atoms with E-state index in [1.54, 1.807) is 25.1 Å². The van der Waals surface area contributed by atoms with Crippen LogP contribution in [0.5, 0.6) is 11.5 Å². The second-order valence-corrected chi connectivity index (χ2v) is 5.97. The summed E-state index contributed by atoms with van der Waals surface area (Å²) in [6.45, 7) is 1.86. The summed E-state index contributed by atoms with van der Waals surface area (Å²) in [6.07, 6.45) is 2.92. The van der Waals surface area contributed by atoms with Crippen LogP contribution in [-0.4, -0.2) is 19.9 Å². The lowest BCUT2D eigenvalue weighted by atomic mass is 9.96. The molecule has 0 spiro atoms. The van der Waals surface area contributed by atoms with Crippen LogP contribution < -0.4 is 4.74 Å². The van der Waals surface area contributed by atoms with Gasteiger partial charge in [0.2, 0.25) is 0 Å². The van der Waals surface area contributed by atoms with Crippen molar-refractivity contribution in [2.75, 3.05) is 0 Å². The highest BCUT2D eigenvalue weighted by Crippen LogP contribution is 2.33. The lowest BCUT2D eigenvalue weighted by Crippen LogP contribution is -2.28. The molecule has 0 fully saturated rings. The Bertz CT molecular complexity index is 820. The van der Waals surface area contributed by atoms with Crippen LogP contribution in [0.15, 0.2) is 55.1 Å². The van der Waals surface area contributed by atoms with E-state index in [9.17, 15) is 9.50 Å². The first-order valence-corrected chi connectivity index (χ1v) is 7.60. The quantitative estimate of drug-likeness (QED) is 0.763. The van der Waals surface area contributed by atoms with Crippen molar-refractivity contribution in [1.29, 1.82) is 0 Å². The van der Waals surface area contributed by atoms with Crippen LogP contribution in [0.3, 0.4) is 0 Å². The number of aromatic nitrogens is 3. The van der Waals surface area contributed by atoms with Crippen molar-refractivity contribution < 1.29 is 14.2 Å². The summed E-state index contributed by atoms with van der Waals surface area (Å²) >= 11 is 6.30. The van der Waals surface area contributed by atoms with Gasteiger partial charge in [-0.15, -0.1) is 0 Å². The number of ether oxygens (including phenoxy) is 1. The van der Waals surface area contributed by atoms with Crippen LogP contribution in [0.4, 0.5) is 4.39 Å². The predicted molar refractivity (Wildman–Crippen MR) is 87.5 cm³/mol. The number of halogens is 2. The Balaban J connectivity index is 1.80. The molecule has 7 heteroatoms. The molecular formula is C17H15ClFN3O2. The van der Waals surface area contributed by atoms with Crippen molar-refractivity contribution in [3.05, 3.63) is 71.5 Å². The monoisotopic (exact) mass is 347 g/mol. The smallest absolute Gasteiger partial charge is 0.137 e. The summed E-state index contributed by atoms with van der Waals surface area (Å²) in [5, 5.41) is 15.0. The molecule has 124 valence electrons. The zero-order valence-electron chi connectivity index (χ0n) is 12.9. The average molecular weight is 348 g/mol. The topological polar surface area (TPSA) is 60.2 Å². The van der Waals surface area contributed by atoms with Crippen LogP contribution in [0.1, 0.15) is 12.5 Å². The molecule has 0 radical (unpaired) electrons. The van der Waals surface area contributed by atoms with E-state index in [0.717, 1.165) is 0 Å². The van der Waals surface area contributed by atoms with E-state index in [0.29, 0.717) is 22.1 Å². The third kappa shape index (κ3) is 3.72. The van der Waals surface area contributed by atoms with Crippen molar-refractivity contribution in [3.63, 3.8) is 0 Å². The highest BCUT2D eigenvalue weighted by atomic mass is 35.5. The van der Waals surface area contributed by atoms with Gasteiger partial charge in [0.25, 0.3) is 0 Å². The molecule has 5 nitrogen and oxygen atoms in total. The first kappa shape index (κ1) is 16.4. The third-order valence-electron chi connectivity index (χ3n) is 3.51. The second kappa shape index (κ2) is 6.59. The van der Waals surface area contributed by atoms with Gasteiger partial charge in [-0.25, -0.2) is 14.1 Å². The number of hydrogen-bond donors (Lipinski definition) is 1. The van der Waals surface area contributed by atoms with Crippen molar-refractivity contribution >= 4 is 11.6 Å². The summed E-state index contributed by atoms with van der Waals surface area (Å²) < 4.78 is 20.1. The van der Waals surface area contributed by atoms with Gasteiger partial charge >= 0.3 is 0 Å². The van der Waals surface area contributed by atoms with E-state index >= 15 is 0 Å². The van der Waals surface area contributed by atoms with Gasteiger partial charge in [-0.3, -0.25) is 0 Å². The van der Waals surface area contributed by atoms with Gasteiger partial charge in [-0.2, -0.15) is 5.10 Å². The number of aliphatic hydroxyl groups is 1. The maximum Gasteiger partial charge on any atom is 0.137 e. The first-order chi connectivity index (χ1) is 11.4. The molecule has 0 aliphatic heterocycles. The Kier molecular flexibility index (Phi) is 4.51. The molecule has 1 heterocycles. The molecule has 1 aromatic heterocycles. The van der Waals surface area contributed by atoms with Gasteiger partial charge < -0.3 is 9.84 Å². The molecule has 24 heavy (non-hydrogen) atoms. The van der Waals surface area contributed by atoms with Crippen LogP contribution in [0, 0.1) is 5.82 Å². The molecule has 3 rings (SSSR count). The zero-order chi connectivity index (χ0) is 17.2. The molecule has 0 bridgehead atoms. The number of hydrogen-bond acceptors (Lipinski definition) is 4. The Hall–Kier alpha value is -2.44. The highest BCUT2D eigenvalue weighted by Gasteiger charge is 2.27. The largest absolute Gasteiger partial charge is 0.457 e. The third-order valence-corrected chi connectivity index (χ3v) is 3.82. The summed E-state index contributed by atoms with van der Waals surface area (Å²) in [6, 6.07) is 10.7. The highest BCUT2D eigenvalue weighted by molar-refractivity contribution is 6.31. The molecule has 0 aliphatic rings. The van der Waals surface area contributed by atoms with Crippen LogP contribution in [0.2, 0.25) is 5.02 Å². The number of nitrogens with zero attached hydrogens (tertiary/aromatic N) is 3. The van der Waals surface area contributed by atoms with Crippen molar-refractivity contribution in [2.45, 2.75) is 19.1 Å². The van der Waals surface area contributed by atoms with Gasteiger partial charge in [0.05, 0.1) is 11.6 Å². The summed E-state index contributed by atoms with van der Waals surface area (Å²) in [7, 11) is 0. The van der Waals surface area contributed by atoms with Crippen molar-refractivity contribution in [2.24, 2.45) is 0 Å². The number of rotatable bonds is 5. The lowest BCUT2D eigenvalue weighted by molar-refractivity contribution is 0.0346. The van der Waals surface area contributed by atoms with E-state index in [-0.39, 0.29) is 12.4 Å². The molecule has 3 aromatic rings. The van der Waals surface area contributed by atoms with Crippen molar-refractivity contribution in [1.82, 2.24) is 14.8 Å². The minimum absolute atomic E-state index is 0.213. The van der Waals surface area contributed by atoms with Gasteiger partial charge in [-0.1, -0.05) is 17.7 Å². The standard InChI is InChI=1S/C17H15ClFN3O2/c1-17(23,9-22-11-20-10-21-22)15-7-6-14(8-16(15)18)24-13-4-2-12(19)3-5-13/h2-8,10-11,23H,9H2,1H3/t17-/m0/s1. The minimum Gasteiger partial charge on any atom is -0.457 e. The maximum atomic E-state index is 12.9. The molecule has 1 atom stereocenters. The van der Waals surface area contributed by atoms with Crippen LogP contribution in [0.25, 0.3) is 0 Å². The molecule has 0 amide bonds. The molecular weight excluding hydrogens is 333 g/mol. The van der Waals surface area contributed by atoms with Crippen LogP contribution >= 0.6 is 11.6 Å². The fourth-order valence-corrected chi connectivity index (χ4v) is 2.72. The van der Waals surface area contributed by atoms with Gasteiger partial charge in [0.15, 0.2) is 0 Å². The zero-order valence-corrected chi connectivity index (χ0v) is 13.6. The average Bonchev–Trinajstić information content (AvgIpc) is 3.01. The van der Waals surface area contributed by atoms with E-state index in [1.807, 2.05) is 0 Å². The fourth-order valence-electron chi connectivity index (χ4n) is 2.35. The van der Waals surface area contributed by atoms with E-state index in [2.05, 4.69) is 10.1 Å². The number of benzene rings is 2. The maximum absolute atomic E-state index is 12.9. The molecule has 0 aliphatic carbocycles. The molecule has 0 saturated heterocycles. The lowest BCUT2D eigenvalue weighted by Gasteiger charge is -2.25. The van der Waals surface area contributed by atoms with Gasteiger partial charge in [0, 0.05) is 5.56 Å². The summed E-state index contributed by atoms with van der Waals surface area (Å²) in [4.78, 5) is 3.85. The van der Waals surface area contributed by atoms with Crippen LogP contribution in [-0.2, 0) is 12.1 Å². The molecule has 0 saturated carbocycles. The minimum atomic E-state index is -1.22. The Labute approximate surface area is 143 Å². The van der Waals surface area contributed by atoms with E-state index < -0.39 is 5.60 Å². The first-order valence-electron chi connectivity index (χ1n) is 7.22. The fraction of sp³-hybridized carbons (Fsp3) is 0.176. The van der Waals surface area contributed by atoms with Gasteiger partial charge in [0.1, 0.15) is 35.6 Å². The molecule has 0 unspecified atom stereocenters. The molecule has 1 N–H and O–H groups in total. The van der Waals surface area contributed by atoms with E-state index in [4.69, 9.17) is 16.3 Å². The van der Waals surface area contributed by atoms with Crippen molar-refractivity contribution in [3.8, 4) is 11.5 Å². The Morgan fingerprint density at radius 3 is 2.54 bits per heavy atom. The Morgan fingerprint density at radius 1 is 1.21 bits per heavy atom.